The standard InChI is InChI=1S/C30H29FN2O7/c1-37-22-12-8-20(9-13-22)30(19-6-4-3-5-7-19,21-10-14-23(38-2)15-11-21)39-18-26-25(34)16-27(40-26)33-17-24(31)28(35)32-29(33)36/h3-15,17,25-27,34H,16,18H2,1-2H3,(H,32,35,36)/t25-,26-,27-/m1/s1. The summed E-state index contributed by atoms with van der Waals surface area (Å²) in [6.07, 6.45) is -2.08. The van der Waals surface area contributed by atoms with Crippen LogP contribution in [0.3, 0.4) is 0 Å². The molecule has 0 spiro atoms. The van der Waals surface area contributed by atoms with Gasteiger partial charge >= 0.3 is 5.69 Å². The third-order valence-corrected chi connectivity index (χ3v) is 7.08. The Hall–Kier alpha value is -4.25. The van der Waals surface area contributed by atoms with Crippen LogP contribution in [0.4, 0.5) is 4.39 Å². The van der Waals surface area contributed by atoms with Gasteiger partial charge in [-0.3, -0.25) is 14.3 Å². The molecule has 1 saturated heterocycles. The van der Waals surface area contributed by atoms with Crippen molar-refractivity contribution in [1.29, 1.82) is 0 Å². The summed E-state index contributed by atoms with van der Waals surface area (Å²) < 4.78 is 38.3. The van der Waals surface area contributed by atoms with Crippen molar-refractivity contribution in [3.8, 4) is 11.5 Å². The fourth-order valence-corrected chi connectivity index (χ4v) is 4.99. The molecule has 4 aromatic rings. The molecule has 3 atom stereocenters. The average molecular weight is 549 g/mol. The summed E-state index contributed by atoms with van der Waals surface area (Å²) in [4.78, 5) is 25.7. The fraction of sp³-hybridized carbons (Fsp3) is 0.267. The van der Waals surface area contributed by atoms with Crippen LogP contribution in [0.15, 0.2) is 94.6 Å². The molecule has 9 nitrogen and oxygen atoms in total. The van der Waals surface area contributed by atoms with Gasteiger partial charge in [-0.1, -0.05) is 54.6 Å². The number of methoxy groups -OCH3 is 2. The second-order valence-electron chi connectivity index (χ2n) is 9.39. The Balaban J connectivity index is 1.54. The lowest BCUT2D eigenvalue weighted by atomic mass is 9.80. The molecule has 1 fully saturated rings. The number of hydrogen-bond acceptors (Lipinski definition) is 7. The highest BCUT2D eigenvalue weighted by molar-refractivity contribution is 5.49. The summed E-state index contributed by atoms with van der Waals surface area (Å²) in [7, 11) is 3.18. The first-order chi connectivity index (χ1) is 19.3. The summed E-state index contributed by atoms with van der Waals surface area (Å²) in [6.45, 7) is -0.0782. The summed E-state index contributed by atoms with van der Waals surface area (Å²) in [5, 5.41) is 10.9. The Morgan fingerprint density at radius 3 is 2.02 bits per heavy atom. The van der Waals surface area contributed by atoms with Crippen LogP contribution in [0.1, 0.15) is 29.3 Å². The van der Waals surface area contributed by atoms with E-state index in [0.29, 0.717) is 11.5 Å². The van der Waals surface area contributed by atoms with Crippen LogP contribution in [-0.2, 0) is 15.1 Å². The quantitative estimate of drug-likeness (QED) is 0.309. The third kappa shape index (κ3) is 5.16. The number of nitrogens with zero attached hydrogens (tertiary/aromatic N) is 1. The van der Waals surface area contributed by atoms with E-state index < -0.39 is 41.1 Å². The number of nitrogens with one attached hydrogen (secondary N) is 1. The minimum atomic E-state index is -1.14. The first-order valence-electron chi connectivity index (χ1n) is 12.7. The van der Waals surface area contributed by atoms with Crippen molar-refractivity contribution < 1.29 is 28.4 Å². The maximum atomic E-state index is 13.9. The Bertz CT molecular complexity index is 1500. The molecule has 0 bridgehead atoms. The Labute approximate surface area is 229 Å². The highest BCUT2D eigenvalue weighted by atomic mass is 19.1. The number of rotatable bonds is 9. The molecule has 2 N–H and O–H groups in total. The van der Waals surface area contributed by atoms with Gasteiger partial charge in [0.2, 0.25) is 5.82 Å². The van der Waals surface area contributed by atoms with E-state index in [4.69, 9.17) is 18.9 Å². The zero-order valence-corrected chi connectivity index (χ0v) is 22.0. The number of halogens is 1. The summed E-state index contributed by atoms with van der Waals surface area (Å²) in [5.41, 5.74) is -0.665. The second kappa shape index (κ2) is 11.5. The number of hydrogen-bond donors (Lipinski definition) is 2. The average Bonchev–Trinajstić information content (AvgIpc) is 3.36. The van der Waals surface area contributed by atoms with Crippen LogP contribution < -0.4 is 20.7 Å². The van der Waals surface area contributed by atoms with Gasteiger partial charge in [-0.05, 0) is 41.0 Å². The van der Waals surface area contributed by atoms with Gasteiger partial charge in [-0.2, -0.15) is 4.39 Å². The summed E-state index contributed by atoms with van der Waals surface area (Å²) in [6, 6.07) is 24.6. The monoisotopic (exact) mass is 548 g/mol. The minimum absolute atomic E-state index is 0.00280. The van der Waals surface area contributed by atoms with Gasteiger partial charge in [0, 0.05) is 6.42 Å². The molecule has 3 aromatic carbocycles. The molecule has 10 heteroatoms. The Morgan fingerprint density at radius 1 is 0.925 bits per heavy atom. The number of ether oxygens (including phenoxy) is 4. The largest absolute Gasteiger partial charge is 0.497 e. The van der Waals surface area contributed by atoms with Crippen molar-refractivity contribution in [3.63, 3.8) is 0 Å². The normalized spacial score (nSPS) is 18.9. The molecular formula is C30H29FN2O7. The predicted molar refractivity (Wildman–Crippen MR) is 144 cm³/mol. The van der Waals surface area contributed by atoms with Crippen LogP contribution in [0, 0.1) is 5.82 Å². The maximum Gasteiger partial charge on any atom is 0.330 e. The smallest absolute Gasteiger partial charge is 0.330 e. The number of benzene rings is 3. The maximum absolute atomic E-state index is 13.9. The Morgan fingerprint density at radius 2 is 1.48 bits per heavy atom. The number of aliphatic hydroxyl groups excluding tert-OH is 1. The number of H-pyrrole nitrogens is 1. The molecule has 0 saturated carbocycles. The molecule has 1 aliphatic rings. The van der Waals surface area contributed by atoms with E-state index in [2.05, 4.69) is 0 Å². The molecular weight excluding hydrogens is 519 g/mol. The van der Waals surface area contributed by atoms with Crippen LogP contribution in [0.25, 0.3) is 0 Å². The van der Waals surface area contributed by atoms with Crippen LogP contribution in [-0.4, -0.2) is 47.7 Å². The lowest BCUT2D eigenvalue weighted by molar-refractivity contribution is -0.0945. The lowest BCUT2D eigenvalue weighted by Crippen LogP contribution is -2.38. The molecule has 208 valence electrons. The van der Waals surface area contributed by atoms with E-state index >= 15 is 0 Å². The van der Waals surface area contributed by atoms with Crippen molar-refractivity contribution in [3.05, 3.63) is 128 Å². The van der Waals surface area contributed by atoms with Gasteiger partial charge in [0.25, 0.3) is 5.56 Å². The second-order valence-corrected chi connectivity index (χ2v) is 9.39. The molecule has 1 aliphatic heterocycles. The fourth-order valence-electron chi connectivity index (χ4n) is 4.99. The number of aromatic amines is 1. The van der Waals surface area contributed by atoms with E-state index in [0.717, 1.165) is 27.5 Å². The van der Waals surface area contributed by atoms with Crippen LogP contribution in [0.2, 0.25) is 0 Å². The molecule has 0 aliphatic carbocycles. The van der Waals surface area contributed by atoms with Crippen molar-refractivity contribution in [2.75, 3.05) is 20.8 Å². The lowest BCUT2D eigenvalue weighted by Gasteiger charge is -2.37. The molecule has 0 unspecified atom stereocenters. The van der Waals surface area contributed by atoms with Crippen molar-refractivity contribution in [2.24, 2.45) is 0 Å². The highest BCUT2D eigenvalue weighted by Crippen LogP contribution is 2.42. The highest BCUT2D eigenvalue weighted by Gasteiger charge is 2.42. The SMILES string of the molecule is COc1ccc(C(OC[C@H]2O[C@@H](n3cc(F)c(=O)[nH]c3=O)C[C@H]2O)(c2ccccc2)c2ccc(OC)cc2)cc1. The van der Waals surface area contributed by atoms with Gasteiger partial charge in [0.15, 0.2) is 0 Å². The van der Waals surface area contributed by atoms with Gasteiger partial charge in [0.1, 0.15) is 29.4 Å². The summed E-state index contributed by atoms with van der Waals surface area (Å²) >= 11 is 0. The first-order valence-corrected chi connectivity index (χ1v) is 12.7. The molecule has 40 heavy (non-hydrogen) atoms. The molecule has 0 amide bonds. The van der Waals surface area contributed by atoms with E-state index in [1.807, 2.05) is 83.8 Å². The zero-order valence-electron chi connectivity index (χ0n) is 22.0. The van der Waals surface area contributed by atoms with E-state index in [9.17, 15) is 19.1 Å². The third-order valence-electron chi connectivity index (χ3n) is 7.08. The molecule has 5 rings (SSSR count). The van der Waals surface area contributed by atoms with E-state index in [1.54, 1.807) is 14.2 Å². The topological polar surface area (TPSA) is 112 Å². The number of aliphatic hydroxyl groups is 1. The van der Waals surface area contributed by atoms with Gasteiger partial charge in [-0.15, -0.1) is 0 Å². The summed E-state index contributed by atoms with van der Waals surface area (Å²) in [5.74, 6) is 0.229. The van der Waals surface area contributed by atoms with Gasteiger partial charge < -0.3 is 24.1 Å². The minimum Gasteiger partial charge on any atom is -0.497 e. The van der Waals surface area contributed by atoms with Crippen molar-refractivity contribution in [2.45, 2.75) is 30.5 Å². The molecule has 1 aromatic heterocycles. The zero-order chi connectivity index (χ0) is 28.3. The van der Waals surface area contributed by atoms with E-state index in [-0.39, 0.29) is 13.0 Å². The van der Waals surface area contributed by atoms with Gasteiger partial charge in [0.05, 0.1) is 33.1 Å². The Kier molecular flexibility index (Phi) is 7.83. The predicted octanol–water partition coefficient (Wildman–Crippen LogP) is 3.35. The van der Waals surface area contributed by atoms with Crippen molar-refractivity contribution >= 4 is 0 Å². The van der Waals surface area contributed by atoms with Crippen LogP contribution in [0.5, 0.6) is 11.5 Å². The molecule has 2 heterocycles. The number of aromatic nitrogens is 2. The van der Waals surface area contributed by atoms with E-state index in [1.165, 1.54) is 0 Å². The van der Waals surface area contributed by atoms with Gasteiger partial charge in [-0.25, -0.2) is 4.79 Å². The first kappa shape index (κ1) is 27.3. The van der Waals surface area contributed by atoms with Crippen LogP contribution >= 0.6 is 0 Å². The van der Waals surface area contributed by atoms with Crippen molar-refractivity contribution in [1.82, 2.24) is 9.55 Å². The molecule has 0 radical (unpaired) electrons.